The van der Waals surface area contributed by atoms with Crippen LogP contribution in [-0.4, -0.2) is 17.6 Å². The molecule has 3 nitrogen and oxygen atoms in total. The molecule has 1 atom stereocenters. The van der Waals surface area contributed by atoms with E-state index >= 15 is 0 Å². The van der Waals surface area contributed by atoms with E-state index in [1.165, 1.54) is 22.7 Å². The molecule has 0 spiro atoms. The SMILES string of the molecule is CCc1ccsc1C(=O)NCC(C)(O)c1cccs1. The molecule has 2 aromatic rings. The Morgan fingerprint density at radius 3 is 2.79 bits per heavy atom. The number of aliphatic hydroxyl groups is 1. The second kappa shape index (κ2) is 5.86. The van der Waals surface area contributed by atoms with Crippen LogP contribution < -0.4 is 5.32 Å². The lowest BCUT2D eigenvalue weighted by molar-refractivity contribution is 0.0558. The Balaban J connectivity index is 2.01. The number of carbonyl (C=O) groups excluding carboxylic acids is 1. The smallest absolute Gasteiger partial charge is 0.261 e. The summed E-state index contributed by atoms with van der Waals surface area (Å²) in [7, 11) is 0. The summed E-state index contributed by atoms with van der Waals surface area (Å²) < 4.78 is 0. The Labute approximate surface area is 120 Å². The first-order valence-corrected chi connectivity index (χ1v) is 7.91. The Kier molecular flexibility index (Phi) is 4.39. The number of carbonyl (C=O) groups is 1. The van der Waals surface area contributed by atoms with Crippen LogP contribution in [0.25, 0.3) is 0 Å². The van der Waals surface area contributed by atoms with Crippen LogP contribution in [0.4, 0.5) is 0 Å². The molecule has 1 unspecified atom stereocenters. The molecule has 19 heavy (non-hydrogen) atoms. The predicted octanol–water partition coefficient (Wildman–Crippen LogP) is 3.01. The topological polar surface area (TPSA) is 49.3 Å². The standard InChI is InChI=1S/C14H17NO2S2/c1-3-10-6-8-19-12(10)13(16)15-9-14(2,17)11-5-4-7-18-11/h4-8,17H,3,9H2,1-2H3,(H,15,16). The van der Waals surface area contributed by atoms with Gasteiger partial charge in [-0.15, -0.1) is 22.7 Å². The second-order valence-electron chi connectivity index (χ2n) is 4.56. The molecule has 0 aliphatic carbocycles. The number of amides is 1. The van der Waals surface area contributed by atoms with Gasteiger partial charge in [0.25, 0.3) is 5.91 Å². The van der Waals surface area contributed by atoms with Crippen molar-refractivity contribution < 1.29 is 9.90 Å². The first kappa shape index (κ1) is 14.2. The van der Waals surface area contributed by atoms with Crippen molar-refractivity contribution in [1.82, 2.24) is 5.32 Å². The molecule has 0 aliphatic rings. The van der Waals surface area contributed by atoms with Gasteiger partial charge in [-0.1, -0.05) is 13.0 Å². The van der Waals surface area contributed by atoms with Gasteiger partial charge in [0.15, 0.2) is 0 Å². The van der Waals surface area contributed by atoms with E-state index < -0.39 is 5.60 Å². The lowest BCUT2D eigenvalue weighted by atomic mass is 10.1. The lowest BCUT2D eigenvalue weighted by Crippen LogP contribution is -2.38. The average molecular weight is 295 g/mol. The summed E-state index contributed by atoms with van der Waals surface area (Å²) in [6.07, 6.45) is 0.841. The Morgan fingerprint density at radius 1 is 1.37 bits per heavy atom. The quantitative estimate of drug-likeness (QED) is 0.891. The summed E-state index contributed by atoms with van der Waals surface area (Å²) in [5.41, 5.74) is 0.0336. The van der Waals surface area contributed by atoms with Gasteiger partial charge in [0, 0.05) is 4.88 Å². The summed E-state index contributed by atoms with van der Waals surface area (Å²) in [6, 6.07) is 5.74. The summed E-state index contributed by atoms with van der Waals surface area (Å²) in [4.78, 5) is 13.7. The summed E-state index contributed by atoms with van der Waals surface area (Å²) in [5.74, 6) is -0.108. The second-order valence-corrected chi connectivity index (χ2v) is 6.43. The molecule has 0 aliphatic heterocycles. The van der Waals surface area contributed by atoms with Gasteiger partial charge in [-0.3, -0.25) is 4.79 Å². The molecular formula is C14H17NO2S2. The number of thiophene rings is 2. The van der Waals surface area contributed by atoms with Gasteiger partial charge in [-0.2, -0.15) is 0 Å². The van der Waals surface area contributed by atoms with Crippen molar-refractivity contribution in [3.63, 3.8) is 0 Å². The zero-order valence-electron chi connectivity index (χ0n) is 11.0. The maximum absolute atomic E-state index is 12.1. The molecule has 0 fully saturated rings. The number of aryl methyl sites for hydroxylation is 1. The lowest BCUT2D eigenvalue weighted by Gasteiger charge is -2.22. The van der Waals surface area contributed by atoms with Crippen molar-refractivity contribution in [2.24, 2.45) is 0 Å². The van der Waals surface area contributed by atoms with Crippen molar-refractivity contribution >= 4 is 28.6 Å². The van der Waals surface area contributed by atoms with Gasteiger partial charge in [0.05, 0.1) is 11.4 Å². The van der Waals surface area contributed by atoms with Gasteiger partial charge >= 0.3 is 0 Å². The molecule has 2 N–H and O–H groups in total. The predicted molar refractivity (Wildman–Crippen MR) is 79.9 cm³/mol. The summed E-state index contributed by atoms with van der Waals surface area (Å²) in [6.45, 7) is 3.96. The molecule has 2 aromatic heterocycles. The van der Waals surface area contributed by atoms with Crippen LogP contribution in [-0.2, 0) is 12.0 Å². The molecule has 0 saturated carbocycles. The van der Waals surface area contributed by atoms with E-state index in [0.717, 1.165) is 21.7 Å². The number of rotatable bonds is 5. The number of nitrogens with one attached hydrogen (secondary N) is 1. The van der Waals surface area contributed by atoms with Crippen LogP contribution in [0, 0.1) is 0 Å². The highest BCUT2D eigenvalue weighted by Crippen LogP contribution is 2.25. The van der Waals surface area contributed by atoms with Gasteiger partial charge < -0.3 is 10.4 Å². The molecule has 102 valence electrons. The van der Waals surface area contributed by atoms with Crippen LogP contribution in [0.1, 0.15) is 34.0 Å². The number of hydrogen-bond donors (Lipinski definition) is 2. The monoisotopic (exact) mass is 295 g/mol. The first-order chi connectivity index (χ1) is 9.04. The summed E-state index contributed by atoms with van der Waals surface area (Å²) >= 11 is 2.93. The van der Waals surface area contributed by atoms with Crippen molar-refractivity contribution in [3.8, 4) is 0 Å². The Morgan fingerprint density at radius 2 is 2.16 bits per heavy atom. The normalized spacial score (nSPS) is 14.1. The van der Waals surface area contributed by atoms with Gasteiger partial charge in [-0.25, -0.2) is 0 Å². The van der Waals surface area contributed by atoms with Crippen LogP contribution in [0.3, 0.4) is 0 Å². The Hall–Kier alpha value is -1.17. The highest BCUT2D eigenvalue weighted by atomic mass is 32.1. The highest BCUT2D eigenvalue weighted by molar-refractivity contribution is 7.12. The fraction of sp³-hybridized carbons (Fsp3) is 0.357. The highest BCUT2D eigenvalue weighted by Gasteiger charge is 2.25. The largest absolute Gasteiger partial charge is 0.383 e. The minimum absolute atomic E-state index is 0.108. The third-order valence-electron chi connectivity index (χ3n) is 2.98. The molecule has 0 bridgehead atoms. The molecule has 0 aromatic carbocycles. The average Bonchev–Trinajstić information content (AvgIpc) is 3.06. The minimum Gasteiger partial charge on any atom is -0.383 e. The fourth-order valence-corrected chi connectivity index (χ4v) is 3.52. The van der Waals surface area contributed by atoms with Crippen LogP contribution in [0.2, 0.25) is 0 Å². The van der Waals surface area contributed by atoms with Gasteiger partial charge in [0.1, 0.15) is 5.60 Å². The Bertz CT molecular complexity index is 544. The maximum Gasteiger partial charge on any atom is 0.261 e. The van der Waals surface area contributed by atoms with Gasteiger partial charge in [0.2, 0.25) is 0 Å². The van der Waals surface area contributed by atoms with E-state index in [1.54, 1.807) is 6.92 Å². The molecule has 0 radical (unpaired) electrons. The molecule has 5 heteroatoms. The van der Waals surface area contributed by atoms with E-state index in [2.05, 4.69) is 5.32 Å². The minimum atomic E-state index is -1.02. The van der Waals surface area contributed by atoms with E-state index in [-0.39, 0.29) is 12.5 Å². The van der Waals surface area contributed by atoms with Crippen molar-refractivity contribution in [2.75, 3.05) is 6.54 Å². The molecule has 1 amide bonds. The zero-order chi connectivity index (χ0) is 13.9. The van der Waals surface area contributed by atoms with Gasteiger partial charge in [-0.05, 0) is 41.8 Å². The van der Waals surface area contributed by atoms with Crippen LogP contribution in [0.5, 0.6) is 0 Å². The molecule has 2 heterocycles. The van der Waals surface area contributed by atoms with Crippen molar-refractivity contribution in [2.45, 2.75) is 25.9 Å². The molecular weight excluding hydrogens is 278 g/mol. The molecule has 2 rings (SSSR count). The van der Waals surface area contributed by atoms with E-state index in [4.69, 9.17) is 0 Å². The van der Waals surface area contributed by atoms with Crippen molar-refractivity contribution in [3.05, 3.63) is 44.3 Å². The maximum atomic E-state index is 12.1. The summed E-state index contributed by atoms with van der Waals surface area (Å²) in [5, 5.41) is 17.0. The van der Waals surface area contributed by atoms with E-state index in [9.17, 15) is 9.90 Å². The third kappa shape index (κ3) is 3.23. The van der Waals surface area contributed by atoms with Crippen molar-refractivity contribution in [1.29, 1.82) is 0 Å². The fourth-order valence-electron chi connectivity index (χ4n) is 1.82. The molecule has 0 saturated heterocycles. The van der Waals surface area contributed by atoms with E-state index in [1.807, 2.05) is 35.9 Å². The zero-order valence-corrected chi connectivity index (χ0v) is 12.6. The third-order valence-corrected chi connectivity index (χ3v) is 5.06. The van der Waals surface area contributed by atoms with E-state index in [0.29, 0.717) is 0 Å². The first-order valence-electron chi connectivity index (χ1n) is 6.15. The van der Waals surface area contributed by atoms with Crippen LogP contribution in [0.15, 0.2) is 29.0 Å². The van der Waals surface area contributed by atoms with Crippen LogP contribution >= 0.6 is 22.7 Å². The number of hydrogen-bond acceptors (Lipinski definition) is 4.